The topological polar surface area (TPSA) is 12.5 Å². The summed E-state index contributed by atoms with van der Waals surface area (Å²) in [7, 11) is 0. The van der Waals surface area contributed by atoms with Gasteiger partial charge in [-0.2, -0.15) is 0 Å². The van der Waals surface area contributed by atoms with Gasteiger partial charge in [-0.15, -0.1) is 0 Å². The quantitative estimate of drug-likeness (QED) is 0.781. The third-order valence-corrected chi connectivity index (χ3v) is 3.60. The van der Waals surface area contributed by atoms with Crippen molar-refractivity contribution in [2.24, 2.45) is 0 Å². The number of anilines is 1. The van der Waals surface area contributed by atoms with Crippen LogP contribution in [0.3, 0.4) is 0 Å². The second-order valence-corrected chi connectivity index (χ2v) is 5.11. The van der Waals surface area contributed by atoms with Gasteiger partial charge in [0.1, 0.15) is 5.82 Å². The highest BCUT2D eigenvalue weighted by Gasteiger charge is 2.27. The van der Waals surface area contributed by atoms with Gasteiger partial charge in [0.05, 0.1) is 12.7 Å². The van der Waals surface area contributed by atoms with E-state index in [-0.39, 0.29) is 11.9 Å². The van der Waals surface area contributed by atoms with Crippen molar-refractivity contribution >= 4 is 5.69 Å². The summed E-state index contributed by atoms with van der Waals surface area (Å²) < 4.78 is 19.2. The summed E-state index contributed by atoms with van der Waals surface area (Å²) in [4.78, 5) is 2.29. The highest BCUT2D eigenvalue weighted by molar-refractivity contribution is 5.51. The van der Waals surface area contributed by atoms with Crippen molar-refractivity contribution in [1.82, 2.24) is 0 Å². The van der Waals surface area contributed by atoms with Crippen LogP contribution in [-0.2, 0) is 4.74 Å². The molecular weight excluding hydrogens is 217 g/mol. The van der Waals surface area contributed by atoms with E-state index in [1.807, 2.05) is 12.1 Å². The molecule has 0 N–H and O–H groups in total. The number of nitrogens with zero attached hydrogens (tertiary/aromatic N) is 1. The maximum absolute atomic E-state index is 13.7. The van der Waals surface area contributed by atoms with Gasteiger partial charge in [-0.25, -0.2) is 4.39 Å². The molecule has 1 aromatic carbocycles. The molecular formula is C14H18FNO. The van der Waals surface area contributed by atoms with Crippen molar-refractivity contribution in [3.8, 4) is 0 Å². The number of ether oxygens (including phenoxy) is 1. The summed E-state index contributed by atoms with van der Waals surface area (Å²) in [5, 5.41) is 0. The Balaban J connectivity index is 1.84. The first-order valence-electron chi connectivity index (χ1n) is 6.40. The third-order valence-electron chi connectivity index (χ3n) is 3.60. The summed E-state index contributed by atoms with van der Waals surface area (Å²) >= 11 is 0. The van der Waals surface area contributed by atoms with Crippen molar-refractivity contribution in [2.75, 3.05) is 24.6 Å². The lowest BCUT2D eigenvalue weighted by Crippen LogP contribution is -2.41. The first-order valence-corrected chi connectivity index (χ1v) is 6.40. The molecule has 0 unspecified atom stereocenters. The molecule has 3 heteroatoms. The van der Waals surface area contributed by atoms with Crippen LogP contribution in [0.4, 0.5) is 10.1 Å². The fourth-order valence-electron chi connectivity index (χ4n) is 2.49. The van der Waals surface area contributed by atoms with Crippen LogP contribution < -0.4 is 4.90 Å². The normalized spacial score (nSPS) is 25.1. The van der Waals surface area contributed by atoms with E-state index in [1.54, 1.807) is 6.07 Å². The van der Waals surface area contributed by atoms with Gasteiger partial charge in [-0.05, 0) is 49.4 Å². The number of benzene rings is 1. The SMILES string of the molecule is C[C@@H]1CN(c2ccc(F)c(C3CC3)c2)CCO1. The monoisotopic (exact) mass is 235 g/mol. The Morgan fingerprint density at radius 2 is 2.18 bits per heavy atom. The fourth-order valence-corrected chi connectivity index (χ4v) is 2.49. The van der Waals surface area contributed by atoms with E-state index >= 15 is 0 Å². The molecule has 2 fully saturated rings. The summed E-state index contributed by atoms with van der Waals surface area (Å²) in [6, 6.07) is 5.54. The Labute approximate surface area is 101 Å². The summed E-state index contributed by atoms with van der Waals surface area (Å²) in [6.45, 7) is 4.64. The van der Waals surface area contributed by atoms with E-state index in [2.05, 4.69) is 11.8 Å². The van der Waals surface area contributed by atoms with Crippen LogP contribution in [-0.4, -0.2) is 25.8 Å². The predicted octanol–water partition coefficient (Wildman–Crippen LogP) is 2.93. The third kappa shape index (κ3) is 2.29. The largest absolute Gasteiger partial charge is 0.375 e. The number of morpholine rings is 1. The van der Waals surface area contributed by atoms with Gasteiger partial charge in [0.15, 0.2) is 0 Å². The lowest BCUT2D eigenvalue weighted by Gasteiger charge is -2.33. The fraction of sp³-hybridized carbons (Fsp3) is 0.571. The zero-order valence-electron chi connectivity index (χ0n) is 10.2. The van der Waals surface area contributed by atoms with Crippen LogP contribution in [0.1, 0.15) is 31.2 Å². The van der Waals surface area contributed by atoms with Crippen LogP contribution in [0, 0.1) is 5.82 Å². The van der Waals surface area contributed by atoms with Gasteiger partial charge in [-0.3, -0.25) is 0 Å². The molecule has 0 aromatic heterocycles. The van der Waals surface area contributed by atoms with Crippen molar-refractivity contribution in [3.63, 3.8) is 0 Å². The molecule has 92 valence electrons. The van der Waals surface area contributed by atoms with E-state index in [9.17, 15) is 4.39 Å². The molecule has 17 heavy (non-hydrogen) atoms. The average Bonchev–Trinajstić information content (AvgIpc) is 3.14. The van der Waals surface area contributed by atoms with Crippen molar-refractivity contribution in [2.45, 2.75) is 31.8 Å². The molecule has 1 aliphatic carbocycles. The molecule has 3 rings (SSSR count). The van der Waals surface area contributed by atoms with E-state index in [1.165, 1.54) is 0 Å². The maximum Gasteiger partial charge on any atom is 0.126 e. The molecule has 1 aliphatic heterocycles. The Morgan fingerprint density at radius 3 is 2.88 bits per heavy atom. The highest BCUT2D eigenvalue weighted by atomic mass is 19.1. The van der Waals surface area contributed by atoms with Gasteiger partial charge in [0.25, 0.3) is 0 Å². The minimum absolute atomic E-state index is 0.0439. The Hall–Kier alpha value is -1.09. The van der Waals surface area contributed by atoms with Gasteiger partial charge in [-0.1, -0.05) is 0 Å². The smallest absolute Gasteiger partial charge is 0.126 e. The molecule has 0 amide bonds. The van der Waals surface area contributed by atoms with E-state index in [0.29, 0.717) is 5.92 Å². The van der Waals surface area contributed by atoms with Crippen LogP contribution >= 0.6 is 0 Å². The summed E-state index contributed by atoms with van der Waals surface area (Å²) in [5.41, 5.74) is 2.05. The first kappa shape index (κ1) is 11.0. The van der Waals surface area contributed by atoms with E-state index < -0.39 is 0 Å². The first-order chi connectivity index (χ1) is 8.24. The van der Waals surface area contributed by atoms with Crippen LogP contribution in [0.5, 0.6) is 0 Å². The Bertz CT molecular complexity index is 417. The average molecular weight is 235 g/mol. The molecule has 1 aromatic rings. The number of hydrogen-bond acceptors (Lipinski definition) is 2. The lowest BCUT2D eigenvalue weighted by molar-refractivity contribution is 0.0532. The summed E-state index contributed by atoms with van der Waals surface area (Å²) in [5.74, 6) is 0.422. The molecule has 0 bridgehead atoms. The second kappa shape index (κ2) is 4.30. The predicted molar refractivity (Wildman–Crippen MR) is 66.0 cm³/mol. The van der Waals surface area contributed by atoms with Crippen molar-refractivity contribution in [1.29, 1.82) is 0 Å². The van der Waals surface area contributed by atoms with Gasteiger partial charge < -0.3 is 9.64 Å². The van der Waals surface area contributed by atoms with Crippen molar-refractivity contribution in [3.05, 3.63) is 29.6 Å². The molecule has 0 radical (unpaired) electrons. The van der Waals surface area contributed by atoms with Gasteiger partial charge in [0, 0.05) is 18.8 Å². The standard InChI is InChI=1S/C14H18FNO/c1-10-9-16(6-7-17-10)12-4-5-14(15)13(8-12)11-2-3-11/h4-5,8,10-11H,2-3,6-7,9H2,1H3/t10-/m1/s1. The van der Waals surface area contributed by atoms with Crippen LogP contribution in [0.2, 0.25) is 0 Å². The number of rotatable bonds is 2. The summed E-state index contributed by atoms with van der Waals surface area (Å²) in [6.07, 6.45) is 2.54. The zero-order valence-corrected chi connectivity index (χ0v) is 10.2. The lowest BCUT2D eigenvalue weighted by atomic mass is 10.1. The maximum atomic E-state index is 13.7. The zero-order chi connectivity index (χ0) is 11.8. The number of hydrogen-bond donors (Lipinski definition) is 0. The molecule has 2 nitrogen and oxygen atoms in total. The molecule has 0 spiro atoms. The molecule has 1 saturated heterocycles. The van der Waals surface area contributed by atoms with Crippen molar-refractivity contribution < 1.29 is 9.13 Å². The second-order valence-electron chi connectivity index (χ2n) is 5.11. The molecule has 2 aliphatic rings. The van der Waals surface area contributed by atoms with Gasteiger partial charge in [0.2, 0.25) is 0 Å². The Kier molecular flexibility index (Phi) is 2.79. The molecule has 1 heterocycles. The Morgan fingerprint density at radius 1 is 1.35 bits per heavy atom. The van der Waals surface area contributed by atoms with Crippen LogP contribution in [0.15, 0.2) is 18.2 Å². The van der Waals surface area contributed by atoms with Crippen LogP contribution in [0.25, 0.3) is 0 Å². The minimum Gasteiger partial charge on any atom is -0.375 e. The molecule has 1 atom stereocenters. The van der Waals surface area contributed by atoms with E-state index in [0.717, 1.165) is 43.8 Å². The van der Waals surface area contributed by atoms with Gasteiger partial charge >= 0.3 is 0 Å². The minimum atomic E-state index is -0.0439. The number of halogens is 1. The van der Waals surface area contributed by atoms with E-state index in [4.69, 9.17) is 4.74 Å². The highest BCUT2D eigenvalue weighted by Crippen LogP contribution is 2.42. The molecule has 1 saturated carbocycles.